The Morgan fingerprint density at radius 2 is 0.720 bits per heavy atom. The molecule has 3 heteroatoms. The average molecular weight is 638 g/mol. The van der Waals surface area contributed by atoms with Gasteiger partial charge in [0.2, 0.25) is 0 Å². The van der Waals surface area contributed by atoms with Gasteiger partial charge in [0.15, 0.2) is 0 Å². The molecule has 0 aliphatic heterocycles. The number of fused-ring (bicyclic) bond motifs is 3. The molecule has 0 amide bonds. The third kappa shape index (κ3) is 5.61. The van der Waals surface area contributed by atoms with Crippen LogP contribution in [-0.4, -0.2) is 15.0 Å². The van der Waals surface area contributed by atoms with Crippen molar-refractivity contribution in [1.82, 2.24) is 15.0 Å². The highest BCUT2D eigenvalue weighted by atomic mass is 14.8. The number of nitrogens with zero attached hydrogens (tertiary/aromatic N) is 3. The maximum absolute atomic E-state index is 5.29. The maximum Gasteiger partial charge on any atom is 0.0978 e. The van der Waals surface area contributed by atoms with Gasteiger partial charge in [0, 0.05) is 33.0 Å². The maximum atomic E-state index is 5.29. The molecule has 3 aromatic heterocycles. The van der Waals surface area contributed by atoms with Crippen molar-refractivity contribution in [2.24, 2.45) is 0 Å². The molecule has 0 saturated heterocycles. The molecule has 50 heavy (non-hydrogen) atoms. The smallest absolute Gasteiger partial charge is 0.0978 e. The molecule has 3 heterocycles. The summed E-state index contributed by atoms with van der Waals surface area (Å²) in [6, 6.07) is 65.6. The number of hydrogen-bond acceptors (Lipinski definition) is 3. The highest BCUT2D eigenvalue weighted by Gasteiger charge is 2.16. The fourth-order valence-corrected chi connectivity index (χ4v) is 6.71. The molecule has 0 aliphatic carbocycles. The molecule has 0 fully saturated rings. The SMILES string of the molecule is c1ccc(-c2cc(-c3cccc(-c4cc(-c5ccccc5)nc5c4ccc4ccc(-c6ccccc6)nc45)c3)cc(-c3ccccc3)n2)cc1. The van der Waals surface area contributed by atoms with Crippen molar-refractivity contribution in [2.45, 2.75) is 0 Å². The van der Waals surface area contributed by atoms with Crippen LogP contribution in [-0.2, 0) is 0 Å². The molecule has 0 radical (unpaired) electrons. The fraction of sp³-hybridized carbons (Fsp3) is 0. The van der Waals surface area contributed by atoms with Crippen molar-refractivity contribution >= 4 is 21.8 Å². The summed E-state index contributed by atoms with van der Waals surface area (Å²) in [7, 11) is 0. The lowest BCUT2D eigenvalue weighted by molar-refractivity contribution is 1.32. The minimum Gasteiger partial charge on any atom is -0.248 e. The van der Waals surface area contributed by atoms with Crippen LogP contribution in [0.5, 0.6) is 0 Å². The summed E-state index contributed by atoms with van der Waals surface area (Å²) in [5.41, 5.74) is 14.3. The van der Waals surface area contributed by atoms with Crippen LogP contribution in [0, 0.1) is 0 Å². The standard InChI is InChI=1S/C47H31N3/c1-5-14-32(15-6-1)42-27-25-36-24-26-40-41(31-45(35-20-11-4-12-21-35)50-47(40)46(36)49-42)38-23-13-22-37(28-38)39-29-43(33-16-7-2-8-17-33)48-44(30-39)34-18-9-3-10-19-34/h1-31H. The first-order valence-electron chi connectivity index (χ1n) is 16.9. The summed E-state index contributed by atoms with van der Waals surface area (Å²) >= 11 is 0. The van der Waals surface area contributed by atoms with Crippen molar-refractivity contribution < 1.29 is 0 Å². The molecule has 9 rings (SSSR count). The topological polar surface area (TPSA) is 38.7 Å². The van der Waals surface area contributed by atoms with E-state index in [1.165, 1.54) is 0 Å². The minimum absolute atomic E-state index is 0.892. The summed E-state index contributed by atoms with van der Waals surface area (Å²) in [6.45, 7) is 0. The highest BCUT2D eigenvalue weighted by molar-refractivity contribution is 6.10. The van der Waals surface area contributed by atoms with Crippen molar-refractivity contribution in [3.05, 3.63) is 188 Å². The second kappa shape index (κ2) is 12.7. The van der Waals surface area contributed by atoms with Crippen LogP contribution in [0.15, 0.2) is 188 Å². The number of benzene rings is 6. The van der Waals surface area contributed by atoms with E-state index < -0.39 is 0 Å². The molecule has 0 bridgehead atoms. The van der Waals surface area contributed by atoms with E-state index in [1.54, 1.807) is 0 Å². The summed E-state index contributed by atoms with van der Waals surface area (Å²) < 4.78 is 0. The molecule has 0 aliphatic rings. The van der Waals surface area contributed by atoms with Crippen LogP contribution in [0.25, 0.3) is 89.1 Å². The van der Waals surface area contributed by atoms with Crippen LogP contribution < -0.4 is 0 Å². The quantitative estimate of drug-likeness (QED) is 0.170. The van der Waals surface area contributed by atoms with Crippen LogP contribution in [0.2, 0.25) is 0 Å². The van der Waals surface area contributed by atoms with Gasteiger partial charge in [-0.3, -0.25) is 0 Å². The molecule has 0 unspecified atom stereocenters. The lowest BCUT2D eigenvalue weighted by Crippen LogP contribution is -1.94. The second-order valence-electron chi connectivity index (χ2n) is 12.5. The molecular weight excluding hydrogens is 607 g/mol. The first kappa shape index (κ1) is 29.4. The van der Waals surface area contributed by atoms with E-state index in [1.807, 2.05) is 24.3 Å². The first-order valence-corrected chi connectivity index (χ1v) is 16.9. The van der Waals surface area contributed by atoms with Gasteiger partial charge in [-0.05, 0) is 52.6 Å². The lowest BCUT2D eigenvalue weighted by atomic mass is 9.93. The normalized spacial score (nSPS) is 11.2. The average Bonchev–Trinajstić information content (AvgIpc) is 3.21. The highest BCUT2D eigenvalue weighted by Crippen LogP contribution is 2.38. The Morgan fingerprint density at radius 1 is 0.260 bits per heavy atom. The first-order chi connectivity index (χ1) is 24.8. The van der Waals surface area contributed by atoms with Crippen molar-refractivity contribution in [3.8, 4) is 67.3 Å². The van der Waals surface area contributed by atoms with Crippen molar-refractivity contribution in [2.75, 3.05) is 0 Å². The predicted octanol–water partition coefficient (Wildman–Crippen LogP) is 12.2. The molecule has 0 spiro atoms. The van der Waals surface area contributed by atoms with E-state index in [0.29, 0.717) is 0 Å². The monoisotopic (exact) mass is 637 g/mol. The Kier molecular flexibility index (Phi) is 7.49. The van der Waals surface area contributed by atoms with Gasteiger partial charge in [-0.15, -0.1) is 0 Å². The molecule has 9 aromatic rings. The Bertz CT molecular complexity index is 2560. The van der Waals surface area contributed by atoms with Crippen LogP contribution in [0.1, 0.15) is 0 Å². The van der Waals surface area contributed by atoms with Gasteiger partial charge in [0.25, 0.3) is 0 Å². The Hall–Kier alpha value is -6.71. The van der Waals surface area contributed by atoms with E-state index in [-0.39, 0.29) is 0 Å². The molecule has 0 N–H and O–H groups in total. The van der Waals surface area contributed by atoms with E-state index >= 15 is 0 Å². The van der Waals surface area contributed by atoms with Gasteiger partial charge in [-0.2, -0.15) is 0 Å². The summed E-state index contributed by atoms with van der Waals surface area (Å²) in [6.07, 6.45) is 0. The van der Waals surface area contributed by atoms with Crippen molar-refractivity contribution in [3.63, 3.8) is 0 Å². The molecule has 234 valence electrons. The van der Waals surface area contributed by atoms with E-state index in [9.17, 15) is 0 Å². The zero-order chi connectivity index (χ0) is 33.3. The van der Waals surface area contributed by atoms with E-state index in [2.05, 4.69) is 164 Å². The molecule has 6 aromatic carbocycles. The third-order valence-electron chi connectivity index (χ3n) is 9.25. The van der Waals surface area contributed by atoms with Gasteiger partial charge in [-0.1, -0.05) is 158 Å². The predicted molar refractivity (Wildman–Crippen MR) is 207 cm³/mol. The summed E-state index contributed by atoms with van der Waals surface area (Å²) in [5, 5.41) is 2.13. The number of hydrogen-bond donors (Lipinski definition) is 0. The van der Waals surface area contributed by atoms with Crippen LogP contribution in [0.4, 0.5) is 0 Å². The zero-order valence-electron chi connectivity index (χ0n) is 27.2. The van der Waals surface area contributed by atoms with E-state index in [4.69, 9.17) is 15.0 Å². The number of pyridine rings is 3. The largest absolute Gasteiger partial charge is 0.248 e. The Balaban J connectivity index is 1.25. The van der Waals surface area contributed by atoms with E-state index in [0.717, 1.165) is 89.1 Å². The summed E-state index contributed by atoms with van der Waals surface area (Å²) in [4.78, 5) is 15.6. The van der Waals surface area contributed by atoms with Gasteiger partial charge < -0.3 is 0 Å². The lowest BCUT2D eigenvalue weighted by Gasteiger charge is -2.14. The molecule has 0 atom stereocenters. The van der Waals surface area contributed by atoms with Gasteiger partial charge in [0.1, 0.15) is 0 Å². The molecule has 0 saturated carbocycles. The van der Waals surface area contributed by atoms with Gasteiger partial charge in [-0.25, -0.2) is 15.0 Å². The number of rotatable bonds is 6. The van der Waals surface area contributed by atoms with Gasteiger partial charge >= 0.3 is 0 Å². The van der Waals surface area contributed by atoms with Gasteiger partial charge in [0.05, 0.1) is 33.8 Å². The van der Waals surface area contributed by atoms with Crippen molar-refractivity contribution in [1.29, 1.82) is 0 Å². The zero-order valence-corrected chi connectivity index (χ0v) is 27.2. The second-order valence-corrected chi connectivity index (χ2v) is 12.5. The summed E-state index contributed by atoms with van der Waals surface area (Å²) in [5.74, 6) is 0. The van der Waals surface area contributed by atoms with Crippen LogP contribution in [0.3, 0.4) is 0 Å². The molecule has 3 nitrogen and oxygen atoms in total. The molecular formula is C47H31N3. The Morgan fingerprint density at radius 3 is 1.30 bits per heavy atom. The third-order valence-corrected chi connectivity index (χ3v) is 9.25. The minimum atomic E-state index is 0.892. The fourth-order valence-electron chi connectivity index (χ4n) is 6.71. The van der Waals surface area contributed by atoms with Crippen LogP contribution >= 0.6 is 0 Å². The number of aromatic nitrogens is 3. The Labute approximate surface area is 291 Å².